The summed E-state index contributed by atoms with van der Waals surface area (Å²) >= 11 is 0. The Balaban J connectivity index is 2.16. The Morgan fingerprint density at radius 2 is 1.83 bits per heavy atom. The van der Waals surface area contributed by atoms with Crippen LogP contribution in [0, 0.1) is 0 Å². The van der Waals surface area contributed by atoms with Crippen molar-refractivity contribution in [1.29, 1.82) is 0 Å². The van der Waals surface area contributed by atoms with E-state index in [1.165, 1.54) is 37.8 Å². The highest BCUT2D eigenvalue weighted by Gasteiger charge is 2.02. The van der Waals surface area contributed by atoms with Crippen LogP contribution in [0.1, 0.15) is 32.1 Å². The van der Waals surface area contributed by atoms with Crippen LogP contribution in [0.15, 0.2) is 30.6 Å². The number of nitrogens with zero attached hydrogens (tertiary/aromatic N) is 1. The zero-order chi connectivity index (χ0) is 8.23. The zero-order valence-electron chi connectivity index (χ0n) is 7.37. The van der Waals surface area contributed by atoms with Crippen LogP contribution in [0.3, 0.4) is 0 Å². The second-order valence-corrected chi connectivity index (χ2v) is 3.39. The fraction of sp³-hybridized carbons (Fsp3) is 0.455. The summed E-state index contributed by atoms with van der Waals surface area (Å²) in [5.74, 6) is 0. The number of allylic oxidation sites excluding steroid dienone is 2. The van der Waals surface area contributed by atoms with E-state index >= 15 is 0 Å². The highest BCUT2D eigenvalue weighted by Crippen LogP contribution is 2.20. The number of rotatable bonds is 1. The number of aromatic nitrogens is 1. The second-order valence-electron chi connectivity index (χ2n) is 3.39. The lowest BCUT2D eigenvalue weighted by atomic mass is 10.2. The standard InChI is InChI=1S/C11H15N/c1-2-4-8-11(7-3-1)12-9-5-6-10-12/h5-7,9-10H,1-4,8H2. The second kappa shape index (κ2) is 3.61. The largest absolute Gasteiger partial charge is 0.328 e. The van der Waals surface area contributed by atoms with Gasteiger partial charge in [0.15, 0.2) is 0 Å². The highest BCUT2D eigenvalue weighted by atomic mass is 14.9. The van der Waals surface area contributed by atoms with Crippen molar-refractivity contribution in [2.24, 2.45) is 0 Å². The van der Waals surface area contributed by atoms with Gasteiger partial charge in [-0.2, -0.15) is 0 Å². The predicted octanol–water partition coefficient (Wildman–Crippen LogP) is 3.29. The van der Waals surface area contributed by atoms with Crippen LogP contribution in [0.2, 0.25) is 0 Å². The van der Waals surface area contributed by atoms with Crippen LogP contribution in [0.25, 0.3) is 5.70 Å². The van der Waals surface area contributed by atoms with Crippen LogP contribution in [-0.4, -0.2) is 4.57 Å². The van der Waals surface area contributed by atoms with Gasteiger partial charge in [-0.15, -0.1) is 0 Å². The van der Waals surface area contributed by atoms with Crippen LogP contribution in [0.5, 0.6) is 0 Å². The van der Waals surface area contributed by atoms with Gasteiger partial charge in [0.1, 0.15) is 0 Å². The van der Waals surface area contributed by atoms with Crippen molar-refractivity contribution in [3.05, 3.63) is 30.6 Å². The monoisotopic (exact) mass is 161 g/mol. The van der Waals surface area contributed by atoms with Gasteiger partial charge in [-0.25, -0.2) is 0 Å². The van der Waals surface area contributed by atoms with Crippen LogP contribution in [-0.2, 0) is 0 Å². The smallest absolute Gasteiger partial charge is 0.0180 e. The lowest BCUT2D eigenvalue weighted by Gasteiger charge is -2.05. The molecule has 1 aromatic rings. The van der Waals surface area contributed by atoms with Gasteiger partial charge in [0.25, 0.3) is 0 Å². The van der Waals surface area contributed by atoms with Gasteiger partial charge in [-0.3, -0.25) is 0 Å². The quantitative estimate of drug-likeness (QED) is 0.595. The van der Waals surface area contributed by atoms with E-state index in [4.69, 9.17) is 0 Å². The molecule has 0 bridgehead atoms. The average molecular weight is 161 g/mol. The van der Waals surface area contributed by atoms with Crippen molar-refractivity contribution in [3.63, 3.8) is 0 Å². The fourth-order valence-corrected chi connectivity index (χ4v) is 1.76. The van der Waals surface area contributed by atoms with Crippen molar-refractivity contribution in [2.75, 3.05) is 0 Å². The lowest BCUT2D eigenvalue weighted by molar-refractivity contribution is 0.715. The molecule has 1 aliphatic rings. The van der Waals surface area contributed by atoms with Crippen LogP contribution >= 0.6 is 0 Å². The minimum atomic E-state index is 1.24. The zero-order valence-corrected chi connectivity index (χ0v) is 7.37. The van der Waals surface area contributed by atoms with E-state index in [2.05, 4.69) is 35.2 Å². The molecule has 0 aliphatic heterocycles. The molecule has 1 aromatic heterocycles. The van der Waals surface area contributed by atoms with Gasteiger partial charge in [0, 0.05) is 18.1 Å². The molecule has 1 nitrogen and oxygen atoms in total. The summed E-state index contributed by atoms with van der Waals surface area (Å²) in [7, 11) is 0. The van der Waals surface area contributed by atoms with E-state index in [0.717, 1.165) is 0 Å². The average Bonchev–Trinajstić information content (AvgIpc) is 2.48. The summed E-state index contributed by atoms with van der Waals surface area (Å²) in [6.45, 7) is 0. The molecule has 0 N–H and O–H groups in total. The Labute approximate surface area is 73.7 Å². The first-order chi connectivity index (χ1) is 5.97. The van der Waals surface area contributed by atoms with Crippen molar-refractivity contribution in [3.8, 4) is 0 Å². The van der Waals surface area contributed by atoms with E-state index < -0.39 is 0 Å². The molecule has 0 radical (unpaired) electrons. The SMILES string of the molecule is C1=C(n2cccc2)CCCCC1. The van der Waals surface area contributed by atoms with Gasteiger partial charge < -0.3 is 4.57 Å². The Morgan fingerprint density at radius 1 is 1.00 bits per heavy atom. The van der Waals surface area contributed by atoms with Gasteiger partial charge in [-0.1, -0.05) is 12.5 Å². The Hall–Kier alpha value is -0.980. The molecule has 0 saturated carbocycles. The van der Waals surface area contributed by atoms with Crippen molar-refractivity contribution in [1.82, 2.24) is 4.57 Å². The normalized spacial score (nSPS) is 18.5. The molecule has 0 unspecified atom stereocenters. The van der Waals surface area contributed by atoms with E-state index in [1.54, 1.807) is 0 Å². The van der Waals surface area contributed by atoms with Crippen molar-refractivity contribution < 1.29 is 0 Å². The first-order valence-electron chi connectivity index (χ1n) is 4.79. The summed E-state index contributed by atoms with van der Waals surface area (Å²) < 4.78 is 2.24. The molecule has 2 rings (SSSR count). The number of hydrogen-bond acceptors (Lipinski definition) is 0. The minimum absolute atomic E-state index is 1.24. The lowest BCUT2D eigenvalue weighted by Crippen LogP contribution is -1.91. The van der Waals surface area contributed by atoms with Crippen molar-refractivity contribution >= 4 is 5.70 Å². The third-order valence-electron chi connectivity index (χ3n) is 2.45. The highest BCUT2D eigenvalue weighted by molar-refractivity contribution is 5.45. The molecule has 0 spiro atoms. The van der Waals surface area contributed by atoms with Crippen LogP contribution < -0.4 is 0 Å². The summed E-state index contributed by atoms with van der Waals surface area (Å²) in [5.41, 5.74) is 1.48. The van der Waals surface area contributed by atoms with Crippen LogP contribution in [0.4, 0.5) is 0 Å². The van der Waals surface area contributed by atoms with E-state index in [0.29, 0.717) is 0 Å². The number of hydrogen-bond donors (Lipinski definition) is 0. The third-order valence-corrected chi connectivity index (χ3v) is 2.45. The maximum absolute atomic E-state index is 2.38. The molecule has 12 heavy (non-hydrogen) atoms. The predicted molar refractivity (Wildman–Crippen MR) is 51.8 cm³/mol. The summed E-state index contributed by atoms with van der Waals surface area (Å²) in [4.78, 5) is 0. The maximum Gasteiger partial charge on any atom is 0.0180 e. The molecular weight excluding hydrogens is 146 g/mol. The molecular formula is C11H15N. The molecule has 0 fully saturated rings. The third kappa shape index (κ3) is 1.60. The van der Waals surface area contributed by atoms with E-state index in [-0.39, 0.29) is 0 Å². The topological polar surface area (TPSA) is 4.93 Å². The molecule has 64 valence electrons. The van der Waals surface area contributed by atoms with Gasteiger partial charge in [0.2, 0.25) is 0 Å². The molecule has 0 atom stereocenters. The molecule has 1 heteroatoms. The minimum Gasteiger partial charge on any atom is -0.328 e. The molecule has 1 heterocycles. The molecule has 1 aliphatic carbocycles. The first-order valence-corrected chi connectivity index (χ1v) is 4.79. The first kappa shape index (κ1) is 7.66. The van der Waals surface area contributed by atoms with E-state index in [9.17, 15) is 0 Å². The fourth-order valence-electron chi connectivity index (χ4n) is 1.76. The van der Waals surface area contributed by atoms with Gasteiger partial charge in [0.05, 0.1) is 0 Å². The van der Waals surface area contributed by atoms with Gasteiger partial charge in [-0.05, 0) is 37.8 Å². The Morgan fingerprint density at radius 3 is 2.67 bits per heavy atom. The van der Waals surface area contributed by atoms with Crippen molar-refractivity contribution in [2.45, 2.75) is 32.1 Å². The Kier molecular flexibility index (Phi) is 2.31. The molecule has 0 saturated heterocycles. The summed E-state index contributed by atoms with van der Waals surface area (Å²) in [5, 5.41) is 0. The molecule has 0 amide bonds. The summed E-state index contributed by atoms with van der Waals surface area (Å²) in [6, 6.07) is 4.18. The Bertz CT molecular complexity index is 257. The molecule has 0 aromatic carbocycles. The summed E-state index contributed by atoms with van der Waals surface area (Å²) in [6.07, 6.45) is 13.3. The van der Waals surface area contributed by atoms with E-state index in [1.807, 2.05) is 0 Å². The maximum atomic E-state index is 2.38. The van der Waals surface area contributed by atoms with Gasteiger partial charge >= 0.3 is 0 Å².